The molecule has 9 heteroatoms. The third kappa shape index (κ3) is 6.77. The highest BCUT2D eigenvalue weighted by Gasteiger charge is 2.40. The third-order valence-electron chi connectivity index (χ3n) is 5.50. The largest absolute Gasteiger partial charge is 0.490 e. The van der Waals surface area contributed by atoms with Gasteiger partial charge in [0.1, 0.15) is 0 Å². The Balaban J connectivity index is 0.000000345. The van der Waals surface area contributed by atoms with Crippen LogP contribution < -0.4 is 5.32 Å². The number of aliphatic carboxylic acids is 1. The van der Waals surface area contributed by atoms with Crippen LogP contribution in [0.1, 0.15) is 37.5 Å². The standard InChI is InChI=1S/C17H26N2OS.C2HF3O2/c1-2-19-11-13-5-3-6-14(12-19)16(13)9-17(20)18-10-15-7-4-8-21-15;3-2(4,5)1(6)7/h4,7-8,13-14,16H,2-3,5-6,9-12H2,1H3,(H,18,20);(H,6,7). The van der Waals surface area contributed by atoms with Crippen molar-refractivity contribution in [2.45, 2.75) is 45.3 Å². The molecule has 2 N–H and O–H groups in total. The molecule has 0 aromatic carbocycles. The van der Waals surface area contributed by atoms with E-state index in [0.29, 0.717) is 12.5 Å². The Hall–Kier alpha value is -1.61. The first kappa shape index (κ1) is 22.7. The number of alkyl halides is 3. The maximum atomic E-state index is 12.3. The van der Waals surface area contributed by atoms with Gasteiger partial charge >= 0.3 is 12.1 Å². The zero-order valence-electron chi connectivity index (χ0n) is 15.9. The number of amides is 1. The lowest BCUT2D eigenvalue weighted by Crippen LogP contribution is -2.49. The molecular formula is C19H27F3N2O3S. The van der Waals surface area contributed by atoms with Crippen molar-refractivity contribution in [2.24, 2.45) is 17.8 Å². The van der Waals surface area contributed by atoms with Crippen LogP contribution in [0.5, 0.6) is 0 Å². The van der Waals surface area contributed by atoms with Gasteiger partial charge in [-0.15, -0.1) is 11.3 Å². The lowest BCUT2D eigenvalue weighted by atomic mass is 9.67. The van der Waals surface area contributed by atoms with Crippen molar-refractivity contribution >= 4 is 23.2 Å². The van der Waals surface area contributed by atoms with Gasteiger partial charge < -0.3 is 15.3 Å². The summed E-state index contributed by atoms with van der Waals surface area (Å²) in [4.78, 5) is 25.0. The molecule has 2 bridgehead atoms. The maximum absolute atomic E-state index is 12.3. The molecule has 1 aliphatic carbocycles. The monoisotopic (exact) mass is 420 g/mol. The Bertz CT molecular complexity index is 623. The van der Waals surface area contributed by atoms with Gasteiger partial charge in [-0.3, -0.25) is 4.79 Å². The normalized spacial score (nSPS) is 24.8. The second-order valence-electron chi connectivity index (χ2n) is 7.33. The van der Waals surface area contributed by atoms with Crippen LogP contribution in [0.2, 0.25) is 0 Å². The fraction of sp³-hybridized carbons (Fsp3) is 0.684. The quantitative estimate of drug-likeness (QED) is 0.761. The van der Waals surface area contributed by atoms with Crippen molar-refractivity contribution in [3.63, 3.8) is 0 Å². The number of fused-ring (bicyclic) bond motifs is 2. The second-order valence-corrected chi connectivity index (χ2v) is 8.36. The zero-order chi connectivity index (χ0) is 20.7. The average molecular weight is 420 g/mol. The van der Waals surface area contributed by atoms with Gasteiger partial charge in [-0.05, 0) is 48.6 Å². The average Bonchev–Trinajstić information content (AvgIpc) is 3.13. The van der Waals surface area contributed by atoms with Crippen molar-refractivity contribution in [3.05, 3.63) is 22.4 Å². The summed E-state index contributed by atoms with van der Waals surface area (Å²) < 4.78 is 31.7. The first-order valence-corrected chi connectivity index (χ1v) is 10.4. The molecule has 2 unspecified atom stereocenters. The summed E-state index contributed by atoms with van der Waals surface area (Å²) in [7, 11) is 0. The molecule has 1 aromatic rings. The summed E-state index contributed by atoms with van der Waals surface area (Å²) >= 11 is 1.71. The fourth-order valence-corrected chi connectivity index (χ4v) is 4.77. The molecule has 158 valence electrons. The zero-order valence-corrected chi connectivity index (χ0v) is 16.7. The molecule has 2 heterocycles. The minimum atomic E-state index is -5.08. The highest BCUT2D eigenvalue weighted by molar-refractivity contribution is 7.09. The Morgan fingerprint density at radius 3 is 2.36 bits per heavy atom. The van der Waals surface area contributed by atoms with E-state index in [-0.39, 0.29) is 5.91 Å². The van der Waals surface area contributed by atoms with Crippen molar-refractivity contribution in [2.75, 3.05) is 19.6 Å². The van der Waals surface area contributed by atoms with Crippen molar-refractivity contribution in [1.82, 2.24) is 10.2 Å². The van der Waals surface area contributed by atoms with Crippen LogP contribution in [0, 0.1) is 17.8 Å². The molecular weight excluding hydrogens is 393 g/mol. The predicted molar refractivity (Wildman–Crippen MR) is 101 cm³/mol. The summed E-state index contributed by atoms with van der Waals surface area (Å²) in [6, 6.07) is 4.12. The van der Waals surface area contributed by atoms with E-state index in [2.05, 4.69) is 28.6 Å². The number of rotatable bonds is 5. The summed E-state index contributed by atoms with van der Waals surface area (Å²) in [5.41, 5.74) is 0. The maximum Gasteiger partial charge on any atom is 0.490 e. The molecule has 0 radical (unpaired) electrons. The first-order chi connectivity index (χ1) is 13.2. The van der Waals surface area contributed by atoms with E-state index in [1.807, 2.05) is 6.07 Å². The van der Waals surface area contributed by atoms with Crippen molar-refractivity contribution in [3.8, 4) is 0 Å². The number of carbonyl (C=O) groups is 2. The summed E-state index contributed by atoms with van der Waals surface area (Å²) in [6.07, 6.45) is -0.357. The minimum Gasteiger partial charge on any atom is -0.475 e. The molecule has 1 saturated carbocycles. The van der Waals surface area contributed by atoms with E-state index in [1.165, 1.54) is 37.2 Å². The number of carboxylic acid groups (broad SMARTS) is 1. The van der Waals surface area contributed by atoms with Gasteiger partial charge in [0.15, 0.2) is 0 Å². The lowest BCUT2D eigenvalue weighted by Gasteiger charge is -2.47. The van der Waals surface area contributed by atoms with Gasteiger partial charge in [-0.25, -0.2) is 4.79 Å². The number of thiophene rings is 1. The molecule has 2 fully saturated rings. The van der Waals surface area contributed by atoms with Crippen LogP contribution in [-0.4, -0.2) is 47.7 Å². The number of nitrogens with zero attached hydrogens (tertiary/aromatic N) is 1. The van der Waals surface area contributed by atoms with Crippen molar-refractivity contribution < 1.29 is 27.9 Å². The van der Waals surface area contributed by atoms with Gasteiger partial charge in [0.25, 0.3) is 0 Å². The number of halogens is 3. The second kappa shape index (κ2) is 10.2. The van der Waals surface area contributed by atoms with Crippen LogP contribution in [0.25, 0.3) is 0 Å². The van der Waals surface area contributed by atoms with Gasteiger partial charge in [0.2, 0.25) is 5.91 Å². The van der Waals surface area contributed by atoms with Crippen LogP contribution >= 0.6 is 11.3 Å². The Morgan fingerprint density at radius 1 is 1.29 bits per heavy atom. The highest BCUT2D eigenvalue weighted by Crippen LogP contribution is 2.41. The number of nitrogens with one attached hydrogen (secondary N) is 1. The SMILES string of the molecule is CCN1CC2CCCC(C1)C2CC(=O)NCc1cccs1.O=C(O)C(F)(F)F. The van der Waals surface area contributed by atoms with E-state index in [0.717, 1.165) is 24.8 Å². The molecule has 28 heavy (non-hydrogen) atoms. The van der Waals surface area contributed by atoms with E-state index >= 15 is 0 Å². The van der Waals surface area contributed by atoms with Gasteiger partial charge in [-0.1, -0.05) is 19.4 Å². The summed E-state index contributed by atoms with van der Waals surface area (Å²) in [5, 5.41) is 12.3. The van der Waals surface area contributed by atoms with Crippen molar-refractivity contribution in [1.29, 1.82) is 0 Å². The van der Waals surface area contributed by atoms with Crippen LogP contribution in [0.15, 0.2) is 17.5 Å². The molecule has 1 amide bonds. The van der Waals surface area contributed by atoms with Gasteiger partial charge in [0, 0.05) is 24.4 Å². The summed E-state index contributed by atoms with van der Waals surface area (Å²) in [5.74, 6) is -0.414. The molecule has 5 nitrogen and oxygen atoms in total. The van der Waals surface area contributed by atoms with E-state index in [4.69, 9.17) is 9.90 Å². The molecule has 2 atom stereocenters. The number of carboxylic acids is 1. The lowest BCUT2D eigenvalue weighted by molar-refractivity contribution is -0.192. The van der Waals surface area contributed by atoms with E-state index in [1.54, 1.807) is 11.3 Å². The molecule has 0 spiro atoms. The van der Waals surface area contributed by atoms with Gasteiger partial charge in [0.05, 0.1) is 6.54 Å². The Morgan fingerprint density at radius 2 is 1.89 bits per heavy atom. The Labute approximate surface area is 166 Å². The summed E-state index contributed by atoms with van der Waals surface area (Å²) in [6.45, 7) is 6.51. The number of likely N-dealkylation sites (tertiary alicyclic amines) is 1. The molecule has 3 rings (SSSR count). The number of piperidine rings is 1. The smallest absolute Gasteiger partial charge is 0.475 e. The predicted octanol–water partition coefficient (Wildman–Crippen LogP) is 3.76. The topological polar surface area (TPSA) is 69.6 Å². The minimum absolute atomic E-state index is 0.246. The van der Waals surface area contributed by atoms with Crippen LogP contribution in [0.4, 0.5) is 13.2 Å². The highest BCUT2D eigenvalue weighted by atomic mass is 32.1. The molecule has 1 aliphatic heterocycles. The van der Waals surface area contributed by atoms with E-state index < -0.39 is 12.1 Å². The number of hydrogen-bond donors (Lipinski definition) is 2. The van der Waals surface area contributed by atoms with Gasteiger partial charge in [-0.2, -0.15) is 13.2 Å². The number of hydrogen-bond acceptors (Lipinski definition) is 4. The number of carbonyl (C=O) groups excluding carboxylic acids is 1. The Kier molecular flexibility index (Phi) is 8.30. The van der Waals surface area contributed by atoms with Crippen LogP contribution in [-0.2, 0) is 16.1 Å². The first-order valence-electron chi connectivity index (χ1n) is 9.52. The molecule has 2 aliphatic rings. The fourth-order valence-electron chi connectivity index (χ4n) is 4.12. The van der Waals surface area contributed by atoms with E-state index in [9.17, 15) is 18.0 Å². The van der Waals surface area contributed by atoms with Crippen LogP contribution in [0.3, 0.4) is 0 Å². The molecule has 1 saturated heterocycles. The molecule has 1 aromatic heterocycles. The third-order valence-corrected chi connectivity index (χ3v) is 6.37.